The van der Waals surface area contributed by atoms with E-state index in [1.807, 2.05) is 55.5 Å². The molecular weight excluding hydrogens is 683 g/mol. The van der Waals surface area contributed by atoms with E-state index in [4.69, 9.17) is 47.6 Å². The van der Waals surface area contributed by atoms with Crippen molar-refractivity contribution in [2.45, 2.75) is 39.5 Å². The molecular formula is C38H46Cl2N2O8. The van der Waals surface area contributed by atoms with Gasteiger partial charge in [0.15, 0.2) is 5.75 Å². The molecule has 10 nitrogen and oxygen atoms in total. The highest BCUT2D eigenvalue weighted by molar-refractivity contribution is 6.30. The average molecular weight is 730 g/mol. The quantitative estimate of drug-likeness (QED) is 0.157. The third-order valence-corrected chi connectivity index (χ3v) is 7.56. The Hall–Kier alpha value is -4.22. The summed E-state index contributed by atoms with van der Waals surface area (Å²) in [6, 6.07) is 18.5. The van der Waals surface area contributed by atoms with Crippen LogP contribution in [0.25, 0.3) is 0 Å². The van der Waals surface area contributed by atoms with Gasteiger partial charge in [-0.25, -0.2) is 9.59 Å². The van der Waals surface area contributed by atoms with Crippen molar-refractivity contribution >= 4 is 35.1 Å². The molecule has 4 aromatic rings. The zero-order valence-corrected chi connectivity index (χ0v) is 30.4. The number of hydrogen-bond acceptors (Lipinski definition) is 10. The first-order chi connectivity index (χ1) is 24.1. The summed E-state index contributed by atoms with van der Waals surface area (Å²) in [5.74, 6) is -0.109. The van der Waals surface area contributed by atoms with Crippen molar-refractivity contribution in [3.63, 3.8) is 0 Å². The van der Waals surface area contributed by atoms with Crippen molar-refractivity contribution in [2.75, 3.05) is 40.6 Å². The summed E-state index contributed by atoms with van der Waals surface area (Å²) in [6.45, 7) is 6.83. The number of rotatable bonds is 10. The lowest BCUT2D eigenvalue weighted by Crippen LogP contribution is -2.13. The van der Waals surface area contributed by atoms with Crippen molar-refractivity contribution in [3.05, 3.63) is 118 Å². The Balaban J connectivity index is 0.000000260. The number of benzene rings is 2. The van der Waals surface area contributed by atoms with Gasteiger partial charge in [-0.1, -0.05) is 61.3 Å². The first-order valence-corrected chi connectivity index (χ1v) is 16.9. The molecule has 0 amide bonds. The molecule has 3 heterocycles. The minimum Gasteiger partial charge on any atom is -0.505 e. The van der Waals surface area contributed by atoms with Crippen molar-refractivity contribution < 1.29 is 38.7 Å². The van der Waals surface area contributed by atoms with Gasteiger partial charge in [-0.2, -0.15) is 0 Å². The summed E-state index contributed by atoms with van der Waals surface area (Å²) < 4.78 is 19.8. The van der Waals surface area contributed by atoms with E-state index in [1.165, 1.54) is 69.0 Å². The number of aliphatic hydroxyl groups is 1. The SMILES string of the molecule is C1CCOC1.CC(CO)Cc1ccc(Cl)cc1.COC(=O)c1ccncc1O.COC(=O)c1ccncc1OC[C@@H](C)Cc1ccc(Cl)cc1. The summed E-state index contributed by atoms with van der Waals surface area (Å²) in [4.78, 5) is 30.1. The van der Waals surface area contributed by atoms with Crippen molar-refractivity contribution in [2.24, 2.45) is 11.8 Å². The second-order valence-corrected chi connectivity index (χ2v) is 12.3. The highest BCUT2D eigenvalue weighted by atomic mass is 35.5. The monoisotopic (exact) mass is 728 g/mol. The van der Waals surface area contributed by atoms with Gasteiger partial charge in [-0.15, -0.1) is 0 Å². The van der Waals surface area contributed by atoms with E-state index in [2.05, 4.69) is 21.6 Å². The van der Waals surface area contributed by atoms with Crippen LogP contribution >= 0.6 is 23.2 Å². The molecule has 1 aliphatic heterocycles. The van der Waals surface area contributed by atoms with E-state index in [0.717, 1.165) is 36.1 Å². The molecule has 2 aromatic carbocycles. The van der Waals surface area contributed by atoms with Crippen LogP contribution in [0.3, 0.4) is 0 Å². The second-order valence-electron chi connectivity index (χ2n) is 11.4. The Labute approximate surface area is 304 Å². The standard InChI is InChI=1S/C17H18ClNO3.C10H13ClO.C7H7NO3.C4H8O/c1-12(9-13-3-5-14(18)6-4-13)11-22-16-10-19-8-7-15(16)17(20)21-2;1-8(7-12)6-9-2-4-10(11)5-3-9;1-11-7(10)5-2-3-8-4-6(5)9;1-2-4-5-3-1/h3-8,10,12H,9,11H2,1-2H3;2-5,8,12H,6-7H2,1H3;2-4,9H,1H3;1-4H2/t12-;;;/m0.../s1. The number of halogens is 2. The van der Waals surface area contributed by atoms with E-state index in [1.54, 1.807) is 6.07 Å². The first-order valence-electron chi connectivity index (χ1n) is 16.1. The number of esters is 2. The van der Waals surface area contributed by atoms with Crippen LogP contribution in [-0.4, -0.2) is 72.8 Å². The first kappa shape index (κ1) is 41.9. The Morgan fingerprint density at radius 3 is 1.70 bits per heavy atom. The van der Waals surface area contributed by atoms with E-state index in [-0.39, 0.29) is 23.8 Å². The number of methoxy groups -OCH3 is 2. The largest absolute Gasteiger partial charge is 0.505 e. The summed E-state index contributed by atoms with van der Waals surface area (Å²) in [5, 5.41) is 19.4. The Kier molecular flexibility index (Phi) is 20.2. The molecule has 12 heteroatoms. The molecule has 2 N–H and O–H groups in total. The van der Waals surface area contributed by atoms with E-state index >= 15 is 0 Å². The molecule has 1 saturated heterocycles. The van der Waals surface area contributed by atoms with Crippen molar-refractivity contribution in [3.8, 4) is 11.5 Å². The van der Waals surface area contributed by atoms with Gasteiger partial charge in [0.2, 0.25) is 0 Å². The molecule has 2 aromatic heterocycles. The minimum atomic E-state index is -0.565. The highest BCUT2D eigenvalue weighted by Gasteiger charge is 2.14. The summed E-state index contributed by atoms with van der Waals surface area (Å²) in [6.07, 6.45) is 9.99. The van der Waals surface area contributed by atoms with Gasteiger partial charge in [-0.3, -0.25) is 9.97 Å². The topological polar surface area (TPSA) is 137 Å². The van der Waals surface area contributed by atoms with Gasteiger partial charge in [-0.05, 0) is 85.0 Å². The fourth-order valence-electron chi connectivity index (χ4n) is 4.35. The third-order valence-electron chi connectivity index (χ3n) is 7.05. The normalized spacial score (nSPS) is 12.7. The smallest absolute Gasteiger partial charge is 0.341 e. The molecule has 0 radical (unpaired) electrons. The fraction of sp³-hybridized carbons (Fsp3) is 0.368. The summed E-state index contributed by atoms with van der Waals surface area (Å²) in [5.41, 5.74) is 2.93. The number of pyridine rings is 2. The molecule has 50 heavy (non-hydrogen) atoms. The third kappa shape index (κ3) is 16.5. The molecule has 0 saturated carbocycles. The van der Waals surface area contributed by atoms with Crippen LogP contribution in [0.2, 0.25) is 10.0 Å². The highest BCUT2D eigenvalue weighted by Crippen LogP contribution is 2.20. The Morgan fingerprint density at radius 1 is 0.760 bits per heavy atom. The van der Waals surface area contributed by atoms with E-state index in [0.29, 0.717) is 23.8 Å². The van der Waals surface area contributed by atoms with Gasteiger partial charge in [0.25, 0.3) is 0 Å². The summed E-state index contributed by atoms with van der Waals surface area (Å²) >= 11 is 11.6. The number of carbonyl (C=O) groups excluding carboxylic acids is 2. The molecule has 1 aliphatic rings. The van der Waals surface area contributed by atoms with Crippen LogP contribution in [0.1, 0.15) is 58.5 Å². The van der Waals surface area contributed by atoms with Crippen LogP contribution in [0, 0.1) is 11.8 Å². The zero-order chi connectivity index (χ0) is 36.7. The average Bonchev–Trinajstić information content (AvgIpc) is 3.74. The summed E-state index contributed by atoms with van der Waals surface area (Å²) in [7, 11) is 2.60. The maximum absolute atomic E-state index is 11.7. The lowest BCUT2D eigenvalue weighted by molar-refractivity contribution is 0.0586. The fourth-order valence-corrected chi connectivity index (χ4v) is 4.61. The lowest BCUT2D eigenvalue weighted by atomic mass is 10.0. The number of nitrogens with zero attached hydrogens (tertiary/aromatic N) is 2. The Bertz CT molecular complexity index is 1540. The maximum atomic E-state index is 11.7. The van der Waals surface area contributed by atoms with E-state index < -0.39 is 11.9 Å². The maximum Gasteiger partial charge on any atom is 0.341 e. The minimum absolute atomic E-state index is 0.127. The Morgan fingerprint density at radius 2 is 1.24 bits per heavy atom. The predicted molar refractivity (Wildman–Crippen MR) is 194 cm³/mol. The number of carbonyl (C=O) groups is 2. The van der Waals surface area contributed by atoms with Crippen LogP contribution in [0.5, 0.6) is 11.5 Å². The number of aromatic hydroxyl groups is 1. The van der Waals surface area contributed by atoms with Crippen LogP contribution < -0.4 is 4.74 Å². The van der Waals surface area contributed by atoms with Crippen LogP contribution in [-0.2, 0) is 27.1 Å². The van der Waals surface area contributed by atoms with Gasteiger partial charge in [0.1, 0.15) is 16.9 Å². The van der Waals surface area contributed by atoms with Gasteiger partial charge in [0, 0.05) is 42.3 Å². The molecule has 0 spiro atoms. The zero-order valence-electron chi connectivity index (χ0n) is 28.9. The van der Waals surface area contributed by atoms with Crippen LogP contribution in [0.4, 0.5) is 0 Å². The van der Waals surface area contributed by atoms with Crippen LogP contribution in [0.15, 0.2) is 85.5 Å². The number of ether oxygens (including phenoxy) is 4. The van der Waals surface area contributed by atoms with Gasteiger partial charge < -0.3 is 29.2 Å². The molecule has 0 bridgehead atoms. The van der Waals surface area contributed by atoms with Gasteiger partial charge in [0.05, 0.1) is 33.2 Å². The molecule has 1 unspecified atom stereocenters. The molecule has 0 aliphatic carbocycles. The van der Waals surface area contributed by atoms with Crippen molar-refractivity contribution in [1.82, 2.24) is 9.97 Å². The second kappa shape index (κ2) is 24.0. The predicted octanol–water partition coefficient (Wildman–Crippen LogP) is 7.66. The molecule has 270 valence electrons. The lowest BCUT2D eigenvalue weighted by Gasteiger charge is -2.14. The van der Waals surface area contributed by atoms with E-state index in [9.17, 15) is 9.59 Å². The molecule has 2 atom stereocenters. The molecule has 5 rings (SSSR count). The van der Waals surface area contributed by atoms with Crippen molar-refractivity contribution in [1.29, 1.82) is 0 Å². The number of aliphatic hydroxyl groups excluding tert-OH is 1. The molecule has 1 fully saturated rings. The number of aromatic nitrogens is 2. The van der Waals surface area contributed by atoms with Gasteiger partial charge >= 0.3 is 11.9 Å². The number of hydrogen-bond donors (Lipinski definition) is 2.